The summed E-state index contributed by atoms with van der Waals surface area (Å²) in [7, 11) is 0. The van der Waals surface area contributed by atoms with Gasteiger partial charge in [0.2, 0.25) is 6.79 Å². The highest BCUT2D eigenvalue weighted by molar-refractivity contribution is 5.65. The lowest BCUT2D eigenvalue weighted by Gasteiger charge is -2.28. The van der Waals surface area contributed by atoms with E-state index in [2.05, 4.69) is 4.98 Å². The molecule has 7 nitrogen and oxygen atoms in total. The van der Waals surface area contributed by atoms with Crippen LogP contribution in [0.1, 0.15) is 31.7 Å². The molecule has 1 N–H and O–H groups in total. The molecule has 138 valence electrons. The molecule has 1 aliphatic carbocycles. The van der Waals surface area contributed by atoms with E-state index in [1.807, 2.05) is 35.0 Å². The lowest BCUT2D eigenvalue weighted by atomic mass is 9.92. The smallest absolute Gasteiger partial charge is 0.231 e. The van der Waals surface area contributed by atoms with Crippen LogP contribution in [0.3, 0.4) is 0 Å². The van der Waals surface area contributed by atoms with Gasteiger partial charge in [0.25, 0.3) is 0 Å². The van der Waals surface area contributed by atoms with Crippen LogP contribution in [0.15, 0.2) is 42.7 Å². The molecule has 5 rings (SSSR count). The number of ether oxygens (including phenoxy) is 2. The SMILES string of the molecule is O[C@@H]1CCCC[C@H]1n1nc(-c2cccnc2)nc1-c1ccc2c(c1)OCO2. The van der Waals surface area contributed by atoms with E-state index in [-0.39, 0.29) is 12.8 Å². The van der Waals surface area contributed by atoms with E-state index in [0.29, 0.717) is 11.6 Å². The van der Waals surface area contributed by atoms with Crippen LogP contribution in [0.2, 0.25) is 0 Å². The first kappa shape index (κ1) is 16.3. The van der Waals surface area contributed by atoms with Crippen molar-refractivity contribution >= 4 is 0 Å². The summed E-state index contributed by atoms with van der Waals surface area (Å²) in [6.07, 6.45) is 6.84. The van der Waals surface area contributed by atoms with Gasteiger partial charge in [-0.1, -0.05) is 12.8 Å². The van der Waals surface area contributed by atoms with Crippen molar-refractivity contribution in [3.05, 3.63) is 42.7 Å². The summed E-state index contributed by atoms with van der Waals surface area (Å²) in [5, 5.41) is 15.3. The topological polar surface area (TPSA) is 82.3 Å². The highest BCUT2D eigenvalue weighted by Crippen LogP contribution is 2.38. The zero-order chi connectivity index (χ0) is 18.2. The molecule has 0 bridgehead atoms. The van der Waals surface area contributed by atoms with Gasteiger partial charge in [0.05, 0.1) is 12.1 Å². The fraction of sp³-hybridized carbons (Fsp3) is 0.350. The minimum Gasteiger partial charge on any atom is -0.454 e. The van der Waals surface area contributed by atoms with Gasteiger partial charge in [0, 0.05) is 23.5 Å². The summed E-state index contributed by atoms with van der Waals surface area (Å²) in [6, 6.07) is 9.48. The Morgan fingerprint density at radius 2 is 1.93 bits per heavy atom. The van der Waals surface area contributed by atoms with Crippen LogP contribution >= 0.6 is 0 Å². The minimum absolute atomic E-state index is 0.0860. The summed E-state index contributed by atoms with van der Waals surface area (Å²) in [4.78, 5) is 8.96. The number of fused-ring (bicyclic) bond motifs is 1. The maximum atomic E-state index is 10.6. The highest BCUT2D eigenvalue weighted by atomic mass is 16.7. The number of aliphatic hydroxyl groups excluding tert-OH is 1. The molecule has 7 heteroatoms. The Bertz CT molecular complexity index is 957. The first-order chi connectivity index (χ1) is 13.3. The maximum absolute atomic E-state index is 10.6. The van der Waals surface area contributed by atoms with Crippen molar-refractivity contribution in [3.63, 3.8) is 0 Å². The molecule has 0 saturated heterocycles. The van der Waals surface area contributed by atoms with Crippen molar-refractivity contribution in [3.8, 4) is 34.3 Å². The molecule has 2 aromatic heterocycles. The van der Waals surface area contributed by atoms with Gasteiger partial charge in [-0.3, -0.25) is 4.98 Å². The normalized spacial score (nSPS) is 21.4. The standard InChI is InChI=1S/C20H20N4O3/c25-16-6-2-1-5-15(16)24-20(13-7-8-17-18(10-13)27-12-26-17)22-19(23-24)14-4-3-9-21-11-14/h3-4,7-11,15-16,25H,1-2,5-6,12H2/t15-,16-/m1/s1. The van der Waals surface area contributed by atoms with Gasteiger partial charge < -0.3 is 14.6 Å². The number of rotatable bonds is 3. The Morgan fingerprint density at radius 3 is 2.78 bits per heavy atom. The molecule has 2 atom stereocenters. The second-order valence-corrected chi connectivity index (χ2v) is 6.93. The Morgan fingerprint density at radius 1 is 1.04 bits per heavy atom. The molecule has 0 unspecified atom stereocenters. The van der Waals surface area contributed by atoms with Crippen LogP contribution in [0, 0.1) is 0 Å². The largest absolute Gasteiger partial charge is 0.454 e. The number of benzene rings is 1. The molecule has 0 radical (unpaired) electrons. The van der Waals surface area contributed by atoms with Crippen molar-refractivity contribution in [1.82, 2.24) is 19.7 Å². The fourth-order valence-electron chi connectivity index (χ4n) is 3.78. The third-order valence-corrected chi connectivity index (χ3v) is 5.19. The number of pyridine rings is 1. The van der Waals surface area contributed by atoms with Gasteiger partial charge in [-0.15, -0.1) is 5.10 Å². The molecule has 1 aromatic carbocycles. The summed E-state index contributed by atoms with van der Waals surface area (Å²) < 4.78 is 12.8. The predicted octanol–water partition coefficient (Wildman–Crippen LogP) is 3.21. The summed E-state index contributed by atoms with van der Waals surface area (Å²) >= 11 is 0. The molecular weight excluding hydrogens is 344 g/mol. The van der Waals surface area contributed by atoms with Crippen molar-refractivity contribution in [2.24, 2.45) is 0 Å². The molecule has 1 saturated carbocycles. The summed E-state index contributed by atoms with van der Waals surface area (Å²) in [5.41, 5.74) is 1.74. The third-order valence-electron chi connectivity index (χ3n) is 5.19. The van der Waals surface area contributed by atoms with E-state index in [1.54, 1.807) is 12.4 Å². The van der Waals surface area contributed by atoms with Crippen LogP contribution in [0.5, 0.6) is 11.5 Å². The van der Waals surface area contributed by atoms with Crippen molar-refractivity contribution in [1.29, 1.82) is 0 Å². The van der Waals surface area contributed by atoms with Crippen LogP contribution in [-0.4, -0.2) is 37.8 Å². The van der Waals surface area contributed by atoms with E-state index in [0.717, 1.165) is 48.4 Å². The predicted molar refractivity (Wildman–Crippen MR) is 98.3 cm³/mol. The van der Waals surface area contributed by atoms with E-state index >= 15 is 0 Å². The quantitative estimate of drug-likeness (QED) is 0.768. The van der Waals surface area contributed by atoms with Gasteiger partial charge in [0.15, 0.2) is 23.1 Å². The Hall–Kier alpha value is -2.93. The van der Waals surface area contributed by atoms with Gasteiger partial charge in [-0.2, -0.15) is 0 Å². The minimum atomic E-state index is -0.421. The Labute approximate surface area is 156 Å². The van der Waals surface area contributed by atoms with Gasteiger partial charge in [-0.25, -0.2) is 9.67 Å². The average Bonchev–Trinajstić information content (AvgIpc) is 3.35. The molecule has 3 heterocycles. The van der Waals surface area contributed by atoms with Gasteiger partial charge in [0.1, 0.15) is 0 Å². The first-order valence-corrected chi connectivity index (χ1v) is 9.24. The summed E-state index contributed by atoms with van der Waals surface area (Å²) in [6.45, 7) is 0.230. The highest BCUT2D eigenvalue weighted by Gasteiger charge is 2.29. The number of aromatic nitrogens is 4. The van der Waals surface area contributed by atoms with Crippen molar-refractivity contribution in [2.75, 3.05) is 6.79 Å². The molecular formula is C20H20N4O3. The number of aliphatic hydroxyl groups is 1. The van der Waals surface area contributed by atoms with E-state index in [4.69, 9.17) is 19.6 Å². The Kier molecular flexibility index (Phi) is 4.01. The first-order valence-electron chi connectivity index (χ1n) is 9.24. The van der Waals surface area contributed by atoms with Crippen molar-refractivity contribution in [2.45, 2.75) is 37.8 Å². The third kappa shape index (κ3) is 2.94. The molecule has 3 aromatic rings. The molecule has 0 amide bonds. The van der Waals surface area contributed by atoms with E-state index < -0.39 is 6.10 Å². The van der Waals surface area contributed by atoms with E-state index in [1.165, 1.54) is 0 Å². The molecule has 27 heavy (non-hydrogen) atoms. The van der Waals surface area contributed by atoms with Crippen LogP contribution in [0.25, 0.3) is 22.8 Å². The number of hydrogen-bond acceptors (Lipinski definition) is 6. The van der Waals surface area contributed by atoms with Crippen LogP contribution in [0.4, 0.5) is 0 Å². The second kappa shape index (κ2) is 6.66. The zero-order valence-electron chi connectivity index (χ0n) is 14.8. The van der Waals surface area contributed by atoms with Crippen LogP contribution in [-0.2, 0) is 0 Å². The molecule has 2 aliphatic rings. The number of nitrogens with zero attached hydrogens (tertiary/aromatic N) is 4. The Balaban J connectivity index is 1.63. The molecule has 0 spiro atoms. The second-order valence-electron chi connectivity index (χ2n) is 6.93. The lowest BCUT2D eigenvalue weighted by molar-refractivity contribution is 0.0703. The fourth-order valence-corrected chi connectivity index (χ4v) is 3.78. The van der Waals surface area contributed by atoms with Gasteiger partial charge >= 0.3 is 0 Å². The maximum Gasteiger partial charge on any atom is 0.231 e. The summed E-state index contributed by atoms with van der Waals surface area (Å²) in [5.74, 6) is 2.76. The zero-order valence-corrected chi connectivity index (χ0v) is 14.8. The monoisotopic (exact) mass is 364 g/mol. The van der Waals surface area contributed by atoms with Gasteiger partial charge in [-0.05, 0) is 43.2 Å². The lowest BCUT2D eigenvalue weighted by Crippen LogP contribution is -2.28. The van der Waals surface area contributed by atoms with E-state index in [9.17, 15) is 5.11 Å². The average molecular weight is 364 g/mol. The van der Waals surface area contributed by atoms with Crippen molar-refractivity contribution < 1.29 is 14.6 Å². The number of hydrogen-bond donors (Lipinski definition) is 1. The molecule has 1 fully saturated rings. The molecule has 1 aliphatic heterocycles. The van der Waals surface area contributed by atoms with Crippen LogP contribution < -0.4 is 9.47 Å².